The molecule has 6 nitrogen and oxygen atoms in total. The molecule has 0 radical (unpaired) electrons. The number of rotatable bonds is 5. The molecular weight excluding hydrogens is 320 g/mol. The minimum atomic E-state index is -0.794. The van der Waals surface area contributed by atoms with E-state index >= 15 is 0 Å². The second kappa shape index (κ2) is 7.88. The molecule has 1 aliphatic heterocycles. The Morgan fingerprint density at radius 1 is 1.36 bits per heavy atom. The Labute approximate surface area is 146 Å². The first-order chi connectivity index (χ1) is 12.2. The van der Waals surface area contributed by atoms with E-state index in [-0.39, 0.29) is 18.8 Å². The number of nitrogens with zero attached hydrogens (tertiary/aromatic N) is 1. The van der Waals surface area contributed by atoms with E-state index in [9.17, 15) is 9.59 Å². The molecule has 0 saturated carbocycles. The van der Waals surface area contributed by atoms with Gasteiger partial charge in [0.25, 0.3) is 0 Å². The standard InChI is InChI=1S/C19H22N2O4/c1-2-24-19(23)25-18-13-21(10-5-8-17(18)22)11-9-14-12-20-16-7-4-3-6-15(14)16/h3-7,10,12,18,20H,2,8-9,11,13H2,1H3. The number of Topliss-reactive ketones (excluding diaryl/α,β-unsaturated/α-hetero) is 1. The van der Waals surface area contributed by atoms with E-state index in [4.69, 9.17) is 9.47 Å². The fourth-order valence-electron chi connectivity index (χ4n) is 2.96. The third-order valence-corrected chi connectivity index (χ3v) is 4.24. The highest BCUT2D eigenvalue weighted by molar-refractivity contribution is 5.86. The number of fused-ring (bicyclic) bond motifs is 1. The van der Waals surface area contributed by atoms with Crippen molar-refractivity contribution in [2.45, 2.75) is 25.9 Å². The lowest BCUT2D eigenvalue weighted by Gasteiger charge is -2.23. The predicted octanol–water partition coefficient (Wildman–Crippen LogP) is 3.04. The first kappa shape index (κ1) is 17.1. The number of allylic oxidation sites excluding steroid dienone is 1. The number of nitrogens with one attached hydrogen (secondary N) is 1. The molecule has 132 valence electrons. The van der Waals surface area contributed by atoms with Gasteiger partial charge in [0.1, 0.15) is 0 Å². The molecule has 1 aromatic carbocycles. The lowest BCUT2D eigenvalue weighted by molar-refractivity contribution is -0.128. The van der Waals surface area contributed by atoms with Crippen molar-refractivity contribution >= 4 is 22.8 Å². The quantitative estimate of drug-likeness (QED) is 0.846. The summed E-state index contributed by atoms with van der Waals surface area (Å²) in [5.41, 5.74) is 2.34. The topological polar surface area (TPSA) is 71.6 Å². The van der Waals surface area contributed by atoms with Crippen LogP contribution < -0.4 is 0 Å². The zero-order valence-electron chi connectivity index (χ0n) is 14.2. The van der Waals surface area contributed by atoms with Gasteiger partial charge in [0.2, 0.25) is 0 Å². The Morgan fingerprint density at radius 3 is 3.04 bits per heavy atom. The molecule has 1 unspecified atom stereocenters. The van der Waals surface area contributed by atoms with Gasteiger partial charge in [-0.05, 0) is 31.2 Å². The lowest BCUT2D eigenvalue weighted by Crippen LogP contribution is -2.37. The van der Waals surface area contributed by atoms with Crippen molar-refractivity contribution in [2.75, 3.05) is 19.7 Å². The van der Waals surface area contributed by atoms with Crippen LogP contribution in [0.25, 0.3) is 10.9 Å². The van der Waals surface area contributed by atoms with Gasteiger partial charge in [-0.3, -0.25) is 4.79 Å². The van der Waals surface area contributed by atoms with Gasteiger partial charge in [-0.2, -0.15) is 0 Å². The fourth-order valence-corrected chi connectivity index (χ4v) is 2.96. The SMILES string of the molecule is CCOC(=O)OC1CN(CCc2c[nH]c3ccccc23)C=CCC1=O. The second-order valence-electron chi connectivity index (χ2n) is 5.95. The molecule has 0 amide bonds. The molecule has 6 heteroatoms. The van der Waals surface area contributed by atoms with Crippen LogP contribution in [0.15, 0.2) is 42.7 Å². The molecule has 2 aromatic rings. The van der Waals surface area contributed by atoms with Gasteiger partial charge in [0, 0.05) is 30.1 Å². The van der Waals surface area contributed by atoms with Gasteiger partial charge in [-0.25, -0.2) is 4.79 Å². The normalized spacial score (nSPS) is 17.6. The largest absolute Gasteiger partial charge is 0.509 e. The molecule has 3 rings (SSSR count). The molecule has 0 bridgehead atoms. The van der Waals surface area contributed by atoms with Gasteiger partial charge in [0.05, 0.1) is 13.2 Å². The smallest absolute Gasteiger partial charge is 0.435 e. The summed E-state index contributed by atoms with van der Waals surface area (Å²) in [6, 6.07) is 8.17. The number of carbonyl (C=O) groups is 2. The minimum absolute atomic E-state index is 0.112. The van der Waals surface area contributed by atoms with E-state index in [1.54, 1.807) is 6.92 Å². The summed E-state index contributed by atoms with van der Waals surface area (Å²) in [5, 5.41) is 1.21. The number of aromatic amines is 1. The van der Waals surface area contributed by atoms with Crippen LogP contribution in [0.2, 0.25) is 0 Å². The molecule has 1 aliphatic rings. The monoisotopic (exact) mass is 342 g/mol. The first-order valence-corrected chi connectivity index (χ1v) is 8.49. The van der Waals surface area contributed by atoms with Crippen LogP contribution in [0.4, 0.5) is 4.79 Å². The number of aromatic nitrogens is 1. The van der Waals surface area contributed by atoms with Crippen LogP contribution in [0, 0.1) is 0 Å². The van der Waals surface area contributed by atoms with Crippen molar-refractivity contribution in [3.63, 3.8) is 0 Å². The molecular formula is C19H22N2O4. The van der Waals surface area contributed by atoms with Crippen LogP contribution in [0.5, 0.6) is 0 Å². The summed E-state index contributed by atoms with van der Waals surface area (Å²) < 4.78 is 9.94. The maximum Gasteiger partial charge on any atom is 0.509 e. The third-order valence-electron chi connectivity index (χ3n) is 4.24. The lowest BCUT2D eigenvalue weighted by atomic mass is 10.1. The van der Waals surface area contributed by atoms with Crippen LogP contribution in [-0.4, -0.2) is 47.6 Å². The van der Waals surface area contributed by atoms with Gasteiger partial charge >= 0.3 is 6.16 Å². The second-order valence-corrected chi connectivity index (χ2v) is 5.95. The Balaban J connectivity index is 1.63. The Kier molecular flexibility index (Phi) is 5.38. The van der Waals surface area contributed by atoms with Gasteiger partial charge < -0.3 is 19.4 Å². The van der Waals surface area contributed by atoms with Crippen molar-refractivity contribution in [3.05, 3.63) is 48.3 Å². The summed E-state index contributed by atoms with van der Waals surface area (Å²) in [4.78, 5) is 28.9. The summed E-state index contributed by atoms with van der Waals surface area (Å²) >= 11 is 0. The number of ether oxygens (including phenoxy) is 2. The zero-order valence-corrected chi connectivity index (χ0v) is 14.2. The van der Waals surface area contributed by atoms with Gasteiger partial charge in [-0.15, -0.1) is 0 Å². The van der Waals surface area contributed by atoms with Crippen LogP contribution >= 0.6 is 0 Å². The van der Waals surface area contributed by atoms with E-state index < -0.39 is 12.3 Å². The predicted molar refractivity (Wildman–Crippen MR) is 94.2 cm³/mol. The van der Waals surface area contributed by atoms with Crippen molar-refractivity contribution in [3.8, 4) is 0 Å². The van der Waals surface area contributed by atoms with Crippen LogP contribution in [-0.2, 0) is 20.7 Å². The van der Waals surface area contributed by atoms with Crippen LogP contribution in [0.1, 0.15) is 18.9 Å². The highest BCUT2D eigenvalue weighted by Gasteiger charge is 2.26. The van der Waals surface area contributed by atoms with E-state index in [0.29, 0.717) is 6.54 Å². The third kappa shape index (κ3) is 4.21. The molecule has 25 heavy (non-hydrogen) atoms. The van der Waals surface area contributed by atoms with Crippen molar-refractivity contribution in [1.82, 2.24) is 9.88 Å². The van der Waals surface area contributed by atoms with Crippen molar-refractivity contribution in [1.29, 1.82) is 0 Å². The number of H-pyrrole nitrogens is 1. The minimum Gasteiger partial charge on any atom is -0.435 e. The number of para-hydroxylation sites is 1. The van der Waals surface area contributed by atoms with E-state index in [0.717, 1.165) is 18.5 Å². The average molecular weight is 342 g/mol. The summed E-state index contributed by atoms with van der Waals surface area (Å²) in [6.07, 6.45) is 5.23. The average Bonchev–Trinajstić information content (AvgIpc) is 2.93. The Bertz CT molecular complexity index is 781. The zero-order chi connectivity index (χ0) is 17.6. The Morgan fingerprint density at radius 2 is 2.20 bits per heavy atom. The molecule has 1 atom stereocenters. The molecule has 0 fully saturated rings. The van der Waals surface area contributed by atoms with E-state index in [1.807, 2.05) is 41.6 Å². The molecule has 1 N–H and O–H groups in total. The van der Waals surface area contributed by atoms with Crippen molar-refractivity contribution < 1.29 is 19.1 Å². The van der Waals surface area contributed by atoms with Crippen molar-refractivity contribution in [2.24, 2.45) is 0 Å². The van der Waals surface area contributed by atoms with E-state index in [2.05, 4.69) is 11.1 Å². The maximum absolute atomic E-state index is 12.1. The molecule has 0 saturated heterocycles. The number of carbonyl (C=O) groups excluding carboxylic acids is 2. The number of benzene rings is 1. The summed E-state index contributed by atoms with van der Waals surface area (Å²) in [7, 11) is 0. The highest BCUT2D eigenvalue weighted by atomic mass is 16.7. The Hall–Kier alpha value is -2.76. The summed E-state index contributed by atoms with van der Waals surface area (Å²) in [6.45, 7) is 3.00. The van der Waals surface area contributed by atoms with Crippen LogP contribution in [0.3, 0.4) is 0 Å². The highest BCUT2D eigenvalue weighted by Crippen LogP contribution is 2.19. The molecule has 0 aliphatic carbocycles. The van der Waals surface area contributed by atoms with E-state index in [1.165, 1.54) is 10.9 Å². The first-order valence-electron chi connectivity index (χ1n) is 8.49. The molecule has 1 aromatic heterocycles. The molecule has 0 spiro atoms. The fraction of sp³-hybridized carbons (Fsp3) is 0.368. The number of ketones is 1. The van der Waals surface area contributed by atoms with Gasteiger partial charge in [-0.1, -0.05) is 24.3 Å². The molecule has 2 heterocycles. The van der Waals surface area contributed by atoms with Gasteiger partial charge in [0.15, 0.2) is 11.9 Å². The maximum atomic E-state index is 12.1. The number of hydrogen-bond donors (Lipinski definition) is 1. The summed E-state index contributed by atoms with van der Waals surface area (Å²) in [5.74, 6) is -0.112. The number of hydrogen-bond acceptors (Lipinski definition) is 5.